The fraction of sp³-hybridized carbons (Fsp3) is 0.286. The SMILES string of the molecule is C#CC.C=Cc1cc(O)ccc1NC.CC. The molecule has 88 valence electrons. The van der Waals surface area contributed by atoms with Crippen molar-refractivity contribution in [2.45, 2.75) is 20.8 Å². The molecule has 0 heterocycles. The highest BCUT2D eigenvalue weighted by Gasteiger charge is 1.96. The normalized spacial score (nSPS) is 7.19. The van der Waals surface area contributed by atoms with Gasteiger partial charge in [-0.3, -0.25) is 0 Å². The summed E-state index contributed by atoms with van der Waals surface area (Å²) in [4.78, 5) is 0. The first kappa shape index (κ1) is 16.5. The van der Waals surface area contributed by atoms with Crippen LogP contribution in [0.1, 0.15) is 26.3 Å². The molecule has 0 fully saturated rings. The van der Waals surface area contributed by atoms with Gasteiger partial charge in [0.25, 0.3) is 0 Å². The van der Waals surface area contributed by atoms with Crippen LogP contribution in [0.5, 0.6) is 5.75 Å². The van der Waals surface area contributed by atoms with E-state index in [9.17, 15) is 0 Å². The quantitative estimate of drug-likeness (QED) is 0.586. The molecule has 0 unspecified atom stereocenters. The second-order valence-corrected chi connectivity index (χ2v) is 2.51. The van der Waals surface area contributed by atoms with Crippen molar-refractivity contribution in [1.29, 1.82) is 0 Å². The highest BCUT2D eigenvalue weighted by molar-refractivity contribution is 5.66. The highest BCUT2D eigenvalue weighted by atomic mass is 16.3. The summed E-state index contributed by atoms with van der Waals surface area (Å²) >= 11 is 0. The molecular weight excluding hydrogens is 198 g/mol. The van der Waals surface area contributed by atoms with Gasteiger partial charge in [-0.2, -0.15) is 0 Å². The van der Waals surface area contributed by atoms with E-state index < -0.39 is 0 Å². The Bertz CT molecular complexity index is 337. The minimum atomic E-state index is 0.263. The van der Waals surface area contributed by atoms with Crippen molar-refractivity contribution in [3.05, 3.63) is 30.3 Å². The molecule has 0 aliphatic heterocycles. The summed E-state index contributed by atoms with van der Waals surface area (Å²) in [5.41, 5.74) is 1.88. The first-order valence-electron chi connectivity index (χ1n) is 5.20. The van der Waals surface area contributed by atoms with Gasteiger partial charge >= 0.3 is 0 Å². The van der Waals surface area contributed by atoms with Gasteiger partial charge in [-0.05, 0) is 25.1 Å². The van der Waals surface area contributed by atoms with Crippen molar-refractivity contribution >= 4 is 11.8 Å². The molecule has 0 aliphatic rings. The Labute approximate surface area is 99.0 Å². The largest absolute Gasteiger partial charge is 0.508 e. The first-order valence-corrected chi connectivity index (χ1v) is 5.20. The van der Waals surface area contributed by atoms with Crippen molar-refractivity contribution in [2.24, 2.45) is 0 Å². The Balaban J connectivity index is 0. The zero-order valence-electron chi connectivity index (χ0n) is 10.5. The third-order valence-corrected chi connectivity index (χ3v) is 1.52. The van der Waals surface area contributed by atoms with Gasteiger partial charge in [0, 0.05) is 18.3 Å². The standard InChI is InChI=1S/C9H11NO.C3H4.C2H6/c1-3-7-6-8(11)4-5-9(7)10-2;1-3-2;1-2/h3-6,10-11H,1H2,2H3;1H,2H3;1-2H3. The molecule has 1 rings (SSSR count). The van der Waals surface area contributed by atoms with Gasteiger partial charge in [0.05, 0.1) is 0 Å². The smallest absolute Gasteiger partial charge is 0.116 e. The molecule has 0 aromatic heterocycles. The lowest BCUT2D eigenvalue weighted by Crippen LogP contribution is -1.90. The number of hydrogen-bond acceptors (Lipinski definition) is 2. The van der Waals surface area contributed by atoms with Crippen molar-refractivity contribution < 1.29 is 5.11 Å². The predicted molar refractivity (Wildman–Crippen MR) is 73.6 cm³/mol. The van der Waals surface area contributed by atoms with Gasteiger partial charge in [-0.15, -0.1) is 12.3 Å². The van der Waals surface area contributed by atoms with E-state index in [2.05, 4.69) is 24.2 Å². The number of hydrogen-bond donors (Lipinski definition) is 2. The van der Waals surface area contributed by atoms with Crippen LogP contribution in [0.4, 0.5) is 5.69 Å². The van der Waals surface area contributed by atoms with E-state index in [1.165, 1.54) is 0 Å². The van der Waals surface area contributed by atoms with E-state index in [4.69, 9.17) is 5.11 Å². The summed E-state index contributed by atoms with van der Waals surface area (Å²) in [6, 6.07) is 5.12. The number of phenols is 1. The van der Waals surface area contributed by atoms with Gasteiger partial charge in [0.1, 0.15) is 5.75 Å². The van der Waals surface area contributed by atoms with Gasteiger partial charge in [-0.25, -0.2) is 0 Å². The molecule has 2 nitrogen and oxygen atoms in total. The summed E-state index contributed by atoms with van der Waals surface area (Å²) in [5, 5.41) is 12.1. The highest BCUT2D eigenvalue weighted by Crippen LogP contribution is 2.21. The number of benzene rings is 1. The molecule has 0 spiro atoms. The minimum Gasteiger partial charge on any atom is -0.508 e. The van der Waals surface area contributed by atoms with Crippen molar-refractivity contribution in [3.63, 3.8) is 0 Å². The summed E-state index contributed by atoms with van der Waals surface area (Å²) in [6.07, 6.45) is 6.30. The van der Waals surface area contributed by atoms with Crippen LogP contribution in [-0.4, -0.2) is 12.2 Å². The van der Waals surface area contributed by atoms with Gasteiger partial charge in [0.2, 0.25) is 0 Å². The van der Waals surface area contributed by atoms with Crippen LogP contribution >= 0.6 is 0 Å². The van der Waals surface area contributed by atoms with Crippen LogP contribution in [0.15, 0.2) is 24.8 Å². The molecule has 2 N–H and O–H groups in total. The third kappa shape index (κ3) is 6.56. The van der Waals surface area contributed by atoms with Crippen molar-refractivity contribution in [3.8, 4) is 18.1 Å². The topological polar surface area (TPSA) is 32.3 Å². The average Bonchev–Trinajstić information content (AvgIpc) is 2.32. The second kappa shape index (κ2) is 11.2. The van der Waals surface area contributed by atoms with E-state index in [-0.39, 0.29) is 5.75 Å². The molecule has 1 aromatic carbocycles. The van der Waals surface area contributed by atoms with Crippen LogP contribution in [0.3, 0.4) is 0 Å². The fourth-order valence-corrected chi connectivity index (χ4v) is 0.947. The maximum absolute atomic E-state index is 9.09. The molecule has 2 heteroatoms. The fourth-order valence-electron chi connectivity index (χ4n) is 0.947. The van der Waals surface area contributed by atoms with Crippen LogP contribution in [0.2, 0.25) is 0 Å². The molecule has 0 saturated carbocycles. The van der Waals surface area contributed by atoms with Gasteiger partial charge in [0.15, 0.2) is 0 Å². The molecular formula is C14H21NO. The predicted octanol–water partition coefficient (Wildman–Crippen LogP) is 3.74. The monoisotopic (exact) mass is 219 g/mol. The zero-order valence-corrected chi connectivity index (χ0v) is 10.5. The number of nitrogens with one attached hydrogen (secondary N) is 1. The second-order valence-electron chi connectivity index (χ2n) is 2.51. The number of anilines is 1. The number of rotatable bonds is 2. The molecule has 0 bridgehead atoms. The molecule has 0 saturated heterocycles. The molecule has 1 aromatic rings. The van der Waals surface area contributed by atoms with E-state index in [1.807, 2.05) is 27.0 Å². The van der Waals surface area contributed by atoms with E-state index in [0.717, 1.165) is 11.3 Å². The van der Waals surface area contributed by atoms with Crippen LogP contribution in [-0.2, 0) is 0 Å². The Morgan fingerprint density at radius 3 is 2.31 bits per heavy atom. The Kier molecular flexibility index (Phi) is 11.6. The van der Waals surface area contributed by atoms with Gasteiger partial charge < -0.3 is 10.4 Å². The van der Waals surface area contributed by atoms with E-state index >= 15 is 0 Å². The van der Waals surface area contributed by atoms with Crippen LogP contribution in [0, 0.1) is 12.3 Å². The number of phenolic OH excluding ortho intramolecular Hbond substituents is 1. The maximum atomic E-state index is 9.09. The van der Waals surface area contributed by atoms with E-state index in [0.29, 0.717) is 0 Å². The Hall–Kier alpha value is -1.88. The van der Waals surface area contributed by atoms with Gasteiger partial charge in [-0.1, -0.05) is 26.5 Å². The maximum Gasteiger partial charge on any atom is 0.116 e. The molecule has 0 radical (unpaired) electrons. The summed E-state index contributed by atoms with van der Waals surface area (Å²) < 4.78 is 0. The zero-order chi connectivity index (χ0) is 13.0. The lowest BCUT2D eigenvalue weighted by Gasteiger charge is -2.04. The molecule has 0 atom stereocenters. The first-order chi connectivity index (χ1) is 7.69. The van der Waals surface area contributed by atoms with Crippen molar-refractivity contribution in [1.82, 2.24) is 0 Å². The Morgan fingerprint density at radius 2 is 1.94 bits per heavy atom. The molecule has 16 heavy (non-hydrogen) atoms. The lowest BCUT2D eigenvalue weighted by molar-refractivity contribution is 0.475. The number of terminal acetylenes is 1. The summed E-state index contributed by atoms with van der Waals surface area (Å²) in [5.74, 6) is 2.51. The summed E-state index contributed by atoms with van der Waals surface area (Å²) in [6.45, 7) is 9.28. The average molecular weight is 219 g/mol. The lowest BCUT2D eigenvalue weighted by atomic mass is 10.1. The molecule has 0 amide bonds. The third-order valence-electron chi connectivity index (χ3n) is 1.52. The minimum absolute atomic E-state index is 0.263. The molecule has 0 aliphatic carbocycles. The summed E-state index contributed by atoms with van der Waals surface area (Å²) in [7, 11) is 1.83. The van der Waals surface area contributed by atoms with Crippen LogP contribution in [0.25, 0.3) is 6.08 Å². The number of aromatic hydroxyl groups is 1. The van der Waals surface area contributed by atoms with Crippen molar-refractivity contribution in [2.75, 3.05) is 12.4 Å². The Morgan fingerprint density at radius 1 is 1.44 bits per heavy atom. The van der Waals surface area contributed by atoms with Crippen LogP contribution < -0.4 is 5.32 Å². The van der Waals surface area contributed by atoms with E-state index in [1.54, 1.807) is 25.1 Å².